The molecule has 1 aliphatic carbocycles. The fraction of sp³-hybridized carbons (Fsp3) is 0.438. The average Bonchev–Trinajstić information content (AvgIpc) is 2.96. The number of fused-ring (bicyclic) bond motifs is 1. The highest BCUT2D eigenvalue weighted by atomic mass is 32.1. The fourth-order valence-corrected chi connectivity index (χ4v) is 4.13. The Hall–Kier alpha value is -1.55. The molecule has 2 atom stereocenters. The zero-order chi connectivity index (χ0) is 14.3. The van der Waals surface area contributed by atoms with E-state index in [9.17, 15) is 4.79 Å². The van der Waals surface area contributed by atoms with Crippen LogP contribution in [0.1, 0.15) is 41.4 Å². The summed E-state index contributed by atoms with van der Waals surface area (Å²) in [4.78, 5) is 13.1. The zero-order valence-corrected chi connectivity index (χ0v) is 12.7. The summed E-state index contributed by atoms with van der Waals surface area (Å²) in [6.07, 6.45) is 3.48. The van der Waals surface area contributed by atoms with Crippen LogP contribution in [0.25, 0.3) is 10.1 Å². The highest BCUT2D eigenvalue weighted by Gasteiger charge is 2.26. The van der Waals surface area contributed by atoms with Crippen molar-refractivity contribution in [2.75, 3.05) is 5.73 Å². The summed E-state index contributed by atoms with van der Waals surface area (Å²) in [5.74, 6) is 0.554. The summed E-state index contributed by atoms with van der Waals surface area (Å²) in [5, 5.41) is 4.16. The molecular formula is C16H20N2OS. The minimum atomic E-state index is -0.0122. The Kier molecular flexibility index (Phi) is 3.42. The quantitative estimate of drug-likeness (QED) is 0.885. The van der Waals surface area contributed by atoms with Gasteiger partial charge >= 0.3 is 0 Å². The summed E-state index contributed by atoms with van der Waals surface area (Å²) in [6.45, 7) is 4.26. The molecule has 0 spiro atoms. The van der Waals surface area contributed by atoms with Crippen molar-refractivity contribution in [3.8, 4) is 0 Å². The number of anilines is 1. The van der Waals surface area contributed by atoms with Crippen LogP contribution in [0.15, 0.2) is 18.2 Å². The molecule has 0 saturated heterocycles. The second-order valence-electron chi connectivity index (χ2n) is 5.78. The second-order valence-corrected chi connectivity index (χ2v) is 6.81. The summed E-state index contributed by atoms with van der Waals surface area (Å²) >= 11 is 1.51. The summed E-state index contributed by atoms with van der Waals surface area (Å²) in [6, 6.07) is 6.33. The standard InChI is InChI=1S/C16H20N2OS/c1-9-5-4-8-12(9)18-16(19)15-13(17)11-7-3-6-10(2)14(11)20-15/h3,6-7,9,12H,4-5,8,17H2,1-2H3,(H,18,19). The van der Waals surface area contributed by atoms with Crippen molar-refractivity contribution in [1.82, 2.24) is 5.32 Å². The third-order valence-corrected chi connectivity index (χ3v) is 5.69. The predicted molar refractivity (Wildman–Crippen MR) is 85.2 cm³/mol. The van der Waals surface area contributed by atoms with Gasteiger partial charge in [0.25, 0.3) is 5.91 Å². The van der Waals surface area contributed by atoms with Crippen LogP contribution in [0.2, 0.25) is 0 Å². The number of amides is 1. The van der Waals surface area contributed by atoms with Crippen LogP contribution in [-0.4, -0.2) is 11.9 Å². The minimum absolute atomic E-state index is 0.0122. The molecule has 1 aliphatic rings. The highest BCUT2D eigenvalue weighted by Crippen LogP contribution is 2.36. The Balaban J connectivity index is 1.92. The SMILES string of the molecule is Cc1cccc2c(N)c(C(=O)NC3CCCC3C)sc12. The van der Waals surface area contributed by atoms with Gasteiger partial charge < -0.3 is 11.1 Å². The van der Waals surface area contributed by atoms with Crippen LogP contribution in [-0.2, 0) is 0 Å². The van der Waals surface area contributed by atoms with Gasteiger partial charge in [0.15, 0.2) is 0 Å². The summed E-state index contributed by atoms with van der Waals surface area (Å²) < 4.78 is 1.12. The number of nitrogens with two attached hydrogens (primary N) is 1. The Morgan fingerprint density at radius 3 is 2.85 bits per heavy atom. The molecule has 1 heterocycles. The number of hydrogen-bond acceptors (Lipinski definition) is 3. The number of hydrogen-bond donors (Lipinski definition) is 2. The number of nitrogens with one attached hydrogen (secondary N) is 1. The van der Waals surface area contributed by atoms with Gasteiger partial charge in [0, 0.05) is 16.1 Å². The lowest BCUT2D eigenvalue weighted by Gasteiger charge is -2.16. The van der Waals surface area contributed by atoms with Gasteiger partial charge in [-0.05, 0) is 31.2 Å². The monoisotopic (exact) mass is 288 g/mol. The van der Waals surface area contributed by atoms with Crippen molar-refractivity contribution in [1.29, 1.82) is 0 Å². The molecule has 4 heteroatoms. The van der Waals surface area contributed by atoms with E-state index < -0.39 is 0 Å². The van der Waals surface area contributed by atoms with Crippen LogP contribution >= 0.6 is 11.3 Å². The van der Waals surface area contributed by atoms with E-state index in [1.165, 1.54) is 29.7 Å². The van der Waals surface area contributed by atoms with Crippen molar-refractivity contribution < 1.29 is 4.79 Å². The lowest BCUT2D eigenvalue weighted by Crippen LogP contribution is -2.36. The van der Waals surface area contributed by atoms with Gasteiger partial charge in [-0.1, -0.05) is 31.5 Å². The molecule has 1 aromatic carbocycles. The lowest BCUT2D eigenvalue weighted by atomic mass is 10.1. The van der Waals surface area contributed by atoms with Gasteiger partial charge in [0.05, 0.1) is 5.69 Å². The van der Waals surface area contributed by atoms with E-state index in [1.807, 2.05) is 12.1 Å². The van der Waals surface area contributed by atoms with Crippen molar-refractivity contribution in [3.63, 3.8) is 0 Å². The molecule has 2 unspecified atom stereocenters. The van der Waals surface area contributed by atoms with Crippen LogP contribution in [0.5, 0.6) is 0 Å². The van der Waals surface area contributed by atoms with Gasteiger partial charge in [-0.2, -0.15) is 0 Å². The molecule has 1 aromatic heterocycles. The molecule has 3 nitrogen and oxygen atoms in total. The number of rotatable bonds is 2. The molecule has 0 bridgehead atoms. The number of aryl methyl sites for hydroxylation is 1. The number of carbonyl (C=O) groups is 1. The zero-order valence-electron chi connectivity index (χ0n) is 11.9. The first kappa shape index (κ1) is 13.4. The molecule has 0 radical (unpaired) electrons. The van der Waals surface area contributed by atoms with E-state index in [1.54, 1.807) is 0 Å². The third-order valence-electron chi connectivity index (χ3n) is 4.34. The Bertz CT molecular complexity index is 662. The lowest BCUT2D eigenvalue weighted by molar-refractivity contribution is 0.0934. The topological polar surface area (TPSA) is 55.1 Å². The van der Waals surface area contributed by atoms with E-state index >= 15 is 0 Å². The van der Waals surface area contributed by atoms with E-state index in [0.29, 0.717) is 22.5 Å². The molecular weight excluding hydrogens is 268 g/mol. The maximum atomic E-state index is 12.5. The van der Waals surface area contributed by atoms with Gasteiger partial charge in [-0.3, -0.25) is 4.79 Å². The molecule has 0 aliphatic heterocycles. The van der Waals surface area contributed by atoms with Crippen molar-refractivity contribution in [2.24, 2.45) is 5.92 Å². The van der Waals surface area contributed by atoms with E-state index in [2.05, 4.69) is 25.2 Å². The highest BCUT2D eigenvalue weighted by molar-refractivity contribution is 7.21. The van der Waals surface area contributed by atoms with Gasteiger partial charge in [-0.25, -0.2) is 0 Å². The van der Waals surface area contributed by atoms with Crippen LogP contribution < -0.4 is 11.1 Å². The molecule has 1 fully saturated rings. The maximum absolute atomic E-state index is 12.5. The largest absolute Gasteiger partial charge is 0.397 e. The van der Waals surface area contributed by atoms with E-state index in [4.69, 9.17) is 5.73 Å². The molecule has 3 rings (SSSR count). The first-order valence-electron chi connectivity index (χ1n) is 7.16. The number of nitrogen functional groups attached to an aromatic ring is 1. The maximum Gasteiger partial charge on any atom is 0.263 e. The van der Waals surface area contributed by atoms with Gasteiger partial charge in [0.1, 0.15) is 4.88 Å². The van der Waals surface area contributed by atoms with Crippen LogP contribution in [0.4, 0.5) is 5.69 Å². The normalized spacial score (nSPS) is 22.3. The van der Waals surface area contributed by atoms with Crippen LogP contribution in [0, 0.1) is 12.8 Å². The smallest absolute Gasteiger partial charge is 0.263 e. The molecule has 3 N–H and O–H groups in total. The molecule has 1 amide bonds. The fourth-order valence-electron chi connectivity index (χ4n) is 3.04. The average molecular weight is 288 g/mol. The molecule has 1 saturated carbocycles. The third kappa shape index (κ3) is 2.18. The molecule has 2 aromatic rings. The Labute approximate surface area is 123 Å². The molecule has 106 valence electrons. The van der Waals surface area contributed by atoms with Crippen LogP contribution in [0.3, 0.4) is 0 Å². The van der Waals surface area contributed by atoms with E-state index in [0.717, 1.165) is 16.5 Å². The van der Waals surface area contributed by atoms with E-state index in [-0.39, 0.29) is 5.91 Å². The second kappa shape index (κ2) is 5.09. The number of benzene rings is 1. The number of thiophene rings is 1. The van der Waals surface area contributed by atoms with Crippen molar-refractivity contribution in [2.45, 2.75) is 39.2 Å². The van der Waals surface area contributed by atoms with Crippen molar-refractivity contribution >= 4 is 33.0 Å². The number of carbonyl (C=O) groups excluding carboxylic acids is 1. The minimum Gasteiger partial charge on any atom is -0.397 e. The van der Waals surface area contributed by atoms with Gasteiger partial charge in [0.2, 0.25) is 0 Å². The van der Waals surface area contributed by atoms with Crippen molar-refractivity contribution in [3.05, 3.63) is 28.6 Å². The summed E-state index contributed by atoms with van der Waals surface area (Å²) in [7, 11) is 0. The molecule has 20 heavy (non-hydrogen) atoms. The van der Waals surface area contributed by atoms with Gasteiger partial charge in [-0.15, -0.1) is 11.3 Å². The Morgan fingerprint density at radius 1 is 1.40 bits per heavy atom. The summed E-state index contributed by atoms with van der Waals surface area (Å²) in [5.41, 5.74) is 7.96. The Morgan fingerprint density at radius 2 is 2.20 bits per heavy atom. The first-order valence-corrected chi connectivity index (χ1v) is 7.98. The predicted octanol–water partition coefficient (Wildman–Crippen LogP) is 3.71. The first-order chi connectivity index (χ1) is 9.58.